The fraction of sp³-hybridized carbons (Fsp3) is 0.429. The smallest absolute Gasteiger partial charge is 0.222 e. The molecule has 3 N–H and O–H groups in total. The number of amides is 2. The van der Waals surface area contributed by atoms with Gasteiger partial charge in [-0.05, 0) is 24.6 Å². The third kappa shape index (κ3) is 5.71. The maximum Gasteiger partial charge on any atom is 0.222 e. The highest BCUT2D eigenvalue weighted by atomic mass is 79.9. The van der Waals surface area contributed by atoms with E-state index in [4.69, 9.17) is 5.11 Å². The highest BCUT2D eigenvalue weighted by Crippen LogP contribution is 2.19. The first-order valence-electron chi connectivity index (χ1n) is 6.35. The summed E-state index contributed by atoms with van der Waals surface area (Å²) in [6.07, 6.45) is 0.131. The monoisotopic (exact) mass is 342 g/mol. The van der Waals surface area contributed by atoms with Crippen LogP contribution >= 0.6 is 15.9 Å². The molecule has 110 valence electrons. The predicted molar refractivity (Wildman–Crippen MR) is 80.0 cm³/mol. The fourth-order valence-electron chi connectivity index (χ4n) is 1.76. The molecule has 1 aromatic carbocycles. The van der Waals surface area contributed by atoms with Gasteiger partial charge in [-0.2, -0.15) is 0 Å². The maximum absolute atomic E-state index is 11.9. The van der Waals surface area contributed by atoms with E-state index in [1.807, 2.05) is 24.3 Å². The topological polar surface area (TPSA) is 78.4 Å². The molecule has 2 atom stereocenters. The molecule has 0 heterocycles. The molecule has 0 aromatic heterocycles. The Morgan fingerprint density at radius 1 is 1.25 bits per heavy atom. The van der Waals surface area contributed by atoms with Crippen molar-refractivity contribution in [3.63, 3.8) is 0 Å². The van der Waals surface area contributed by atoms with Crippen molar-refractivity contribution >= 4 is 27.7 Å². The number of hydrogen-bond donors (Lipinski definition) is 3. The molecule has 6 heteroatoms. The summed E-state index contributed by atoms with van der Waals surface area (Å²) in [5.41, 5.74) is 0.857. The van der Waals surface area contributed by atoms with Crippen molar-refractivity contribution in [1.29, 1.82) is 0 Å². The summed E-state index contributed by atoms with van der Waals surface area (Å²) in [5, 5.41) is 14.3. The Bertz CT molecular complexity index is 462. The lowest BCUT2D eigenvalue weighted by Crippen LogP contribution is -2.38. The number of benzene rings is 1. The van der Waals surface area contributed by atoms with Crippen molar-refractivity contribution in [2.45, 2.75) is 32.4 Å². The maximum atomic E-state index is 11.9. The van der Waals surface area contributed by atoms with Crippen molar-refractivity contribution in [3.05, 3.63) is 34.3 Å². The van der Waals surface area contributed by atoms with Crippen molar-refractivity contribution in [2.24, 2.45) is 0 Å². The Morgan fingerprint density at radius 2 is 1.85 bits per heavy atom. The second-order valence-electron chi connectivity index (χ2n) is 4.66. The summed E-state index contributed by atoms with van der Waals surface area (Å²) < 4.78 is 0.932. The predicted octanol–water partition coefficient (Wildman–Crippen LogP) is 1.51. The van der Waals surface area contributed by atoms with Crippen molar-refractivity contribution in [2.75, 3.05) is 6.61 Å². The average Bonchev–Trinajstić information content (AvgIpc) is 2.38. The van der Waals surface area contributed by atoms with Gasteiger partial charge >= 0.3 is 0 Å². The summed E-state index contributed by atoms with van der Waals surface area (Å²) in [6, 6.07) is 6.74. The minimum Gasteiger partial charge on any atom is -0.394 e. The quantitative estimate of drug-likeness (QED) is 0.733. The lowest BCUT2D eigenvalue weighted by molar-refractivity contribution is -0.123. The normalized spacial score (nSPS) is 13.4. The average molecular weight is 343 g/mol. The van der Waals surface area contributed by atoms with Crippen LogP contribution in [0.1, 0.15) is 31.9 Å². The molecule has 20 heavy (non-hydrogen) atoms. The lowest BCUT2D eigenvalue weighted by atomic mass is 10.0. The van der Waals surface area contributed by atoms with Crippen LogP contribution in [0.15, 0.2) is 28.7 Å². The first-order chi connectivity index (χ1) is 9.42. The van der Waals surface area contributed by atoms with Crippen LogP contribution < -0.4 is 10.6 Å². The Kier molecular flexibility index (Phi) is 6.67. The number of halogens is 1. The largest absolute Gasteiger partial charge is 0.394 e. The summed E-state index contributed by atoms with van der Waals surface area (Å²) in [4.78, 5) is 23.1. The Balaban J connectivity index is 2.76. The van der Waals surface area contributed by atoms with E-state index < -0.39 is 0 Å². The van der Waals surface area contributed by atoms with Crippen molar-refractivity contribution in [1.82, 2.24) is 10.6 Å². The molecular weight excluding hydrogens is 324 g/mol. The zero-order valence-electron chi connectivity index (χ0n) is 11.5. The van der Waals surface area contributed by atoms with Crippen LogP contribution in [0, 0.1) is 0 Å². The van der Waals surface area contributed by atoms with Crippen LogP contribution in [0.2, 0.25) is 0 Å². The molecule has 1 rings (SSSR count). The van der Waals surface area contributed by atoms with Crippen LogP contribution in [0.25, 0.3) is 0 Å². The molecule has 0 bridgehead atoms. The number of aliphatic hydroxyl groups excluding tert-OH is 1. The number of aliphatic hydroxyl groups is 1. The van der Waals surface area contributed by atoms with Gasteiger partial charge in [-0.1, -0.05) is 28.1 Å². The van der Waals surface area contributed by atoms with Gasteiger partial charge in [0.25, 0.3) is 0 Å². The van der Waals surface area contributed by atoms with E-state index in [1.165, 1.54) is 6.92 Å². The number of carbonyl (C=O) groups excluding carboxylic acids is 2. The molecule has 0 fully saturated rings. The summed E-state index contributed by atoms with van der Waals surface area (Å²) >= 11 is 3.34. The van der Waals surface area contributed by atoms with Gasteiger partial charge in [0.2, 0.25) is 11.8 Å². The summed E-state index contributed by atoms with van der Waals surface area (Å²) in [6.45, 7) is 3.01. The third-order valence-corrected chi connectivity index (χ3v) is 3.25. The number of carbonyl (C=O) groups is 2. The van der Waals surface area contributed by atoms with Crippen LogP contribution in [0.5, 0.6) is 0 Å². The molecule has 0 spiro atoms. The standard InChI is InChI=1S/C14H19BrN2O3/c1-9(8-18)16-14(20)7-13(17-10(2)19)11-3-5-12(15)6-4-11/h3-6,9,13,18H,7-8H2,1-2H3,(H,16,20)(H,17,19). The van der Waals surface area contributed by atoms with Gasteiger partial charge in [0, 0.05) is 17.4 Å². The second-order valence-corrected chi connectivity index (χ2v) is 5.58. The first kappa shape index (κ1) is 16.7. The fourth-order valence-corrected chi connectivity index (χ4v) is 2.02. The Morgan fingerprint density at radius 3 is 2.35 bits per heavy atom. The minimum atomic E-state index is -0.383. The molecule has 2 amide bonds. The highest BCUT2D eigenvalue weighted by Gasteiger charge is 2.18. The first-order valence-corrected chi connectivity index (χ1v) is 7.14. The highest BCUT2D eigenvalue weighted by molar-refractivity contribution is 9.10. The number of hydrogen-bond acceptors (Lipinski definition) is 3. The van der Waals surface area contributed by atoms with E-state index in [9.17, 15) is 9.59 Å². The number of rotatable bonds is 6. The molecule has 0 aliphatic heterocycles. The molecule has 0 radical (unpaired) electrons. The van der Waals surface area contributed by atoms with Gasteiger partial charge in [0.05, 0.1) is 19.1 Å². The molecule has 2 unspecified atom stereocenters. The van der Waals surface area contributed by atoms with E-state index >= 15 is 0 Å². The van der Waals surface area contributed by atoms with E-state index in [2.05, 4.69) is 26.6 Å². The van der Waals surface area contributed by atoms with Gasteiger partial charge < -0.3 is 15.7 Å². The van der Waals surface area contributed by atoms with E-state index in [0.717, 1.165) is 10.0 Å². The van der Waals surface area contributed by atoms with Crippen LogP contribution in [-0.2, 0) is 9.59 Å². The van der Waals surface area contributed by atoms with Gasteiger partial charge in [0.15, 0.2) is 0 Å². The van der Waals surface area contributed by atoms with Crippen LogP contribution in [-0.4, -0.2) is 29.6 Å². The molecule has 0 saturated heterocycles. The van der Waals surface area contributed by atoms with Crippen molar-refractivity contribution < 1.29 is 14.7 Å². The van der Waals surface area contributed by atoms with Crippen molar-refractivity contribution in [3.8, 4) is 0 Å². The zero-order chi connectivity index (χ0) is 15.1. The third-order valence-electron chi connectivity index (χ3n) is 2.72. The molecule has 5 nitrogen and oxygen atoms in total. The second kappa shape index (κ2) is 8.01. The Labute approximate surface area is 126 Å². The molecular formula is C14H19BrN2O3. The summed E-state index contributed by atoms with van der Waals surface area (Å²) in [5.74, 6) is -0.408. The van der Waals surface area contributed by atoms with E-state index in [0.29, 0.717) is 0 Å². The Hall–Kier alpha value is -1.40. The van der Waals surface area contributed by atoms with Gasteiger partial charge in [-0.25, -0.2) is 0 Å². The zero-order valence-corrected chi connectivity index (χ0v) is 13.1. The molecule has 0 aliphatic carbocycles. The minimum absolute atomic E-state index is 0.116. The van der Waals surface area contributed by atoms with E-state index in [1.54, 1.807) is 6.92 Å². The SMILES string of the molecule is CC(=O)NC(CC(=O)NC(C)CO)c1ccc(Br)cc1. The summed E-state index contributed by atoms with van der Waals surface area (Å²) in [7, 11) is 0. The molecule has 0 aliphatic rings. The lowest BCUT2D eigenvalue weighted by Gasteiger charge is -2.19. The van der Waals surface area contributed by atoms with E-state index in [-0.39, 0.29) is 36.9 Å². The molecule has 1 aromatic rings. The van der Waals surface area contributed by atoms with Gasteiger partial charge in [0.1, 0.15) is 0 Å². The molecule has 0 saturated carbocycles. The van der Waals surface area contributed by atoms with Gasteiger partial charge in [-0.15, -0.1) is 0 Å². The van der Waals surface area contributed by atoms with Crippen LogP contribution in [0.4, 0.5) is 0 Å². The van der Waals surface area contributed by atoms with Gasteiger partial charge in [-0.3, -0.25) is 9.59 Å². The number of nitrogens with one attached hydrogen (secondary N) is 2. The van der Waals surface area contributed by atoms with Crippen LogP contribution in [0.3, 0.4) is 0 Å².